The summed E-state index contributed by atoms with van der Waals surface area (Å²) in [6.07, 6.45) is 1.64. The number of rotatable bonds is 6. The zero-order valence-corrected chi connectivity index (χ0v) is 14.8. The summed E-state index contributed by atoms with van der Waals surface area (Å²) in [5.41, 5.74) is 4.31. The van der Waals surface area contributed by atoms with Crippen LogP contribution in [0.4, 0.5) is 11.4 Å². The maximum atomic E-state index is 12.2. The number of carbonyl (C=O) groups excluding carboxylic acids is 1. The van der Waals surface area contributed by atoms with Gasteiger partial charge in [-0.2, -0.15) is 0 Å². The Morgan fingerprint density at radius 3 is 2.62 bits per heavy atom. The van der Waals surface area contributed by atoms with E-state index in [0.29, 0.717) is 12.2 Å². The molecule has 0 unspecified atom stereocenters. The van der Waals surface area contributed by atoms with Gasteiger partial charge >= 0.3 is 0 Å². The third-order valence-corrected chi connectivity index (χ3v) is 3.89. The van der Waals surface area contributed by atoms with Crippen LogP contribution in [0.25, 0.3) is 0 Å². The van der Waals surface area contributed by atoms with Crippen molar-refractivity contribution in [2.45, 2.75) is 13.5 Å². The van der Waals surface area contributed by atoms with Gasteiger partial charge < -0.3 is 15.4 Å². The maximum absolute atomic E-state index is 12.2. The number of aromatic nitrogens is 1. The molecule has 5 nitrogen and oxygen atoms in total. The number of pyridine rings is 1. The molecule has 0 fully saturated rings. The van der Waals surface area contributed by atoms with Crippen molar-refractivity contribution in [1.82, 2.24) is 10.3 Å². The number of anilines is 2. The van der Waals surface area contributed by atoms with Crippen LogP contribution in [0.15, 0.2) is 66.9 Å². The van der Waals surface area contributed by atoms with E-state index in [1.54, 1.807) is 19.4 Å². The number of methoxy groups -OCH3 is 1. The Bertz CT molecular complexity index is 892. The van der Waals surface area contributed by atoms with Crippen molar-refractivity contribution in [2.75, 3.05) is 12.4 Å². The lowest BCUT2D eigenvalue weighted by molar-refractivity contribution is 0.0946. The van der Waals surface area contributed by atoms with Gasteiger partial charge in [0.25, 0.3) is 5.91 Å². The first-order chi connectivity index (χ1) is 12.6. The molecule has 0 saturated carbocycles. The molecule has 0 radical (unpaired) electrons. The van der Waals surface area contributed by atoms with Crippen molar-refractivity contribution >= 4 is 17.3 Å². The molecular weight excluding hydrogens is 326 g/mol. The predicted molar refractivity (Wildman–Crippen MR) is 103 cm³/mol. The summed E-state index contributed by atoms with van der Waals surface area (Å²) < 4.78 is 5.21. The molecule has 0 aliphatic carbocycles. The van der Waals surface area contributed by atoms with E-state index < -0.39 is 0 Å². The number of hydrogen-bond acceptors (Lipinski definition) is 4. The second-order valence-electron chi connectivity index (χ2n) is 5.96. The smallest absolute Gasteiger partial charge is 0.270 e. The molecule has 1 amide bonds. The van der Waals surface area contributed by atoms with Crippen molar-refractivity contribution in [3.63, 3.8) is 0 Å². The first kappa shape index (κ1) is 17.5. The maximum Gasteiger partial charge on any atom is 0.270 e. The lowest BCUT2D eigenvalue weighted by atomic mass is 10.1. The molecule has 1 heterocycles. The first-order valence-corrected chi connectivity index (χ1v) is 8.35. The van der Waals surface area contributed by atoms with Gasteiger partial charge in [0.2, 0.25) is 0 Å². The van der Waals surface area contributed by atoms with Gasteiger partial charge in [0.05, 0.1) is 19.0 Å². The Morgan fingerprint density at radius 2 is 1.88 bits per heavy atom. The van der Waals surface area contributed by atoms with Crippen molar-refractivity contribution in [1.29, 1.82) is 0 Å². The van der Waals surface area contributed by atoms with Crippen LogP contribution in [0.1, 0.15) is 21.6 Å². The number of amides is 1. The topological polar surface area (TPSA) is 63.2 Å². The van der Waals surface area contributed by atoms with Crippen LogP contribution in [0, 0.1) is 6.92 Å². The van der Waals surface area contributed by atoms with Crippen molar-refractivity contribution in [3.8, 4) is 5.75 Å². The molecular formula is C21H21N3O2. The average Bonchev–Trinajstić information content (AvgIpc) is 2.67. The highest BCUT2D eigenvalue weighted by Crippen LogP contribution is 2.20. The molecule has 0 spiro atoms. The van der Waals surface area contributed by atoms with Crippen molar-refractivity contribution in [3.05, 3.63) is 83.7 Å². The lowest BCUT2D eigenvalue weighted by Crippen LogP contribution is -2.23. The molecule has 1 aromatic heterocycles. The van der Waals surface area contributed by atoms with Gasteiger partial charge in [-0.05, 0) is 36.8 Å². The summed E-state index contributed by atoms with van der Waals surface area (Å²) in [7, 11) is 1.63. The van der Waals surface area contributed by atoms with E-state index in [-0.39, 0.29) is 5.91 Å². The minimum Gasteiger partial charge on any atom is -0.497 e. The molecule has 0 atom stereocenters. The summed E-state index contributed by atoms with van der Waals surface area (Å²) in [5, 5.41) is 6.12. The van der Waals surface area contributed by atoms with Crippen LogP contribution in [0.2, 0.25) is 0 Å². The van der Waals surface area contributed by atoms with E-state index in [2.05, 4.69) is 21.7 Å². The second kappa shape index (κ2) is 8.16. The van der Waals surface area contributed by atoms with Crippen molar-refractivity contribution < 1.29 is 9.53 Å². The van der Waals surface area contributed by atoms with E-state index >= 15 is 0 Å². The second-order valence-corrected chi connectivity index (χ2v) is 5.96. The summed E-state index contributed by atoms with van der Waals surface area (Å²) in [4.78, 5) is 16.5. The molecule has 3 aromatic rings. The minimum atomic E-state index is -0.195. The van der Waals surface area contributed by atoms with Crippen LogP contribution < -0.4 is 15.4 Å². The van der Waals surface area contributed by atoms with Gasteiger partial charge in [0, 0.05) is 18.3 Å². The van der Waals surface area contributed by atoms with Crippen LogP contribution in [0.5, 0.6) is 5.75 Å². The fourth-order valence-corrected chi connectivity index (χ4v) is 2.56. The summed E-state index contributed by atoms with van der Waals surface area (Å²) in [6, 6.07) is 19.2. The summed E-state index contributed by atoms with van der Waals surface area (Å²) in [6.45, 7) is 2.51. The third kappa shape index (κ3) is 4.60. The van der Waals surface area contributed by atoms with Crippen LogP contribution in [-0.2, 0) is 6.54 Å². The van der Waals surface area contributed by atoms with Crippen LogP contribution in [0.3, 0.4) is 0 Å². The fraction of sp³-hybridized carbons (Fsp3) is 0.143. The van der Waals surface area contributed by atoms with E-state index in [1.165, 1.54) is 5.56 Å². The zero-order chi connectivity index (χ0) is 18.4. The average molecular weight is 347 g/mol. The van der Waals surface area contributed by atoms with E-state index in [0.717, 1.165) is 22.7 Å². The quantitative estimate of drug-likeness (QED) is 0.705. The highest BCUT2D eigenvalue weighted by Gasteiger charge is 2.07. The molecule has 0 aliphatic rings. The Balaban J connectivity index is 1.60. The molecule has 26 heavy (non-hydrogen) atoms. The Hall–Kier alpha value is -3.34. The van der Waals surface area contributed by atoms with Gasteiger partial charge in [0.1, 0.15) is 11.4 Å². The Kier molecular flexibility index (Phi) is 5.49. The highest BCUT2D eigenvalue weighted by molar-refractivity contribution is 5.92. The molecule has 0 aliphatic heterocycles. The van der Waals surface area contributed by atoms with Gasteiger partial charge in [-0.25, -0.2) is 4.98 Å². The number of nitrogens with one attached hydrogen (secondary N) is 2. The van der Waals surface area contributed by atoms with E-state index in [1.807, 2.05) is 55.5 Å². The molecule has 2 N–H and O–H groups in total. The number of benzene rings is 2. The highest BCUT2D eigenvalue weighted by atomic mass is 16.5. The SMILES string of the molecule is COc1cccc(Nc2ccc(C(=O)NCc3cccc(C)c3)nc2)c1. The van der Waals surface area contributed by atoms with Crippen LogP contribution in [-0.4, -0.2) is 18.0 Å². The van der Waals surface area contributed by atoms with E-state index in [4.69, 9.17) is 4.74 Å². The zero-order valence-electron chi connectivity index (χ0n) is 14.8. The molecule has 2 aromatic carbocycles. The largest absolute Gasteiger partial charge is 0.497 e. The Labute approximate surface area is 153 Å². The monoisotopic (exact) mass is 347 g/mol. The third-order valence-electron chi connectivity index (χ3n) is 3.89. The molecule has 5 heteroatoms. The number of nitrogens with zero attached hydrogens (tertiary/aromatic N) is 1. The molecule has 0 bridgehead atoms. The first-order valence-electron chi connectivity index (χ1n) is 8.35. The van der Waals surface area contributed by atoms with Gasteiger partial charge in [-0.3, -0.25) is 4.79 Å². The molecule has 132 valence electrons. The standard InChI is InChI=1S/C21H21N3O2/c1-15-5-3-6-16(11-15)13-23-21(25)20-10-9-18(14-22-20)24-17-7-4-8-19(12-17)26-2/h3-12,14,24H,13H2,1-2H3,(H,23,25). The number of carbonyl (C=O) groups is 1. The fourth-order valence-electron chi connectivity index (χ4n) is 2.56. The summed E-state index contributed by atoms with van der Waals surface area (Å²) in [5.74, 6) is 0.578. The van der Waals surface area contributed by atoms with Gasteiger partial charge in [0.15, 0.2) is 0 Å². The number of ether oxygens (including phenoxy) is 1. The van der Waals surface area contributed by atoms with Gasteiger partial charge in [-0.15, -0.1) is 0 Å². The summed E-state index contributed by atoms with van der Waals surface area (Å²) >= 11 is 0. The number of hydrogen-bond donors (Lipinski definition) is 2. The minimum absolute atomic E-state index is 0.195. The molecule has 3 rings (SSSR count). The predicted octanol–water partition coefficient (Wildman–Crippen LogP) is 4.07. The lowest BCUT2D eigenvalue weighted by Gasteiger charge is -2.09. The molecule has 0 saturated heterocycles. The van der Waals surface area contributed by atoms with Crippen molar-refractivity contribution in [2.24, 2.45) is 0 Å². The van der Waals surface area contributed by atoms with E-state index in [9.17, 15) is 4.79 Å². The normalized spacial score (nSPS) is 10.2. The Morgan fingerprint density at radius 1 is 1.04 bits per heavy atom. The van der Waals surface area contributed by atoms with Crippen LogP contribution >= 0.6 is 0 Å². The number of aryl methyl sites for hydroxylation is 1. The van der Waals surface area contributed by atoms with Gasteiger partial charge in [-0.1, -0.05) is 35.9 Å².